The van der Waals surface area contributed by atoms with Gasteiger partial charge in [-0.3, -0.25) is 9.10 Å². The molecule has 4 aromatic carbocycles. The molecule has 6 nitrogen and oxygen atoms in total. The van der Waals surface area contributed by atoms with Crippen molar-refractivity contribution in [3.8, 4) is 0 Å². The Morgan fingerprint density at radius 1 is 0.889 bits per heavy atom. The molecule has 1 amide bonds. The average molecular weight is 539 g/mol. The third kappa shape index (κ3) is 4.91. The maximum Gasteiger partial charge on any atom is 0.255 e. The van der Waals surface area contributed by atoms with Crippen molar-refractivity contribution >= 4 is 72.4 Å². The normalized spacial score (nSPS) is 11.6. The second-order valence-electron chi connectivity index (χ2n) is 8.33. The number of sulfonamides is 1. The third-order valence-corrected chi connectivity index (χ3v) is 7.44. The highest BCUT2D eigenvalue weighted by Crippen LogP contribution is 2.32. The Bertz CT molecular complexity index is 1710. The number of halogens is 2. The van der Waals surface area contributed by atoms with Gasteiger partial charge < -0.3 is 9.73 Å². The molecule has 0 atom stereocenters. The van der Waals surface area contributed by atoms with E-state index in [1.165, 1.54) is 10.4 Å². The molecule has 1 aromatic heterocycles. The molecule has 0 spiro atoms. The number of furan rings is 1. The second kappa shape index (κ2) is 9.50. The highest BCUT2D eigenvalue weighted by Gasteiger charge is 2.21. The Hall–Kier alpha value is -3.52. The molecule has 5 aromatic rings. The Kier molecular flexibility index (Phi) is 6.38. The maximum atomic E-state index is 12.8. The van der Waals surface area contributed by atoms with Gasteiger partial charge in [0.1, 0.15) is 11.2 Å². The van der Waals surface area contributed by atoms with Crippen molar-refractivity contribution in [3.63, 3.8) is 0 Å². The van der Waals surface area contributed by atoms with Crippen molar-refractivity contribution in [3.05, 3.63) is 106 Å². The number of benzene rings is 4. The zero-order valence-electron chi connectivity index (χ0n) is 19.0. The lowest BCUT2D eigenvalue weighted by Crippen LogP contribution is -2.29. The summed E-state index contributed by atoms with van der Waals surface area (Å²) in [4.78, 5) is 12.8. The summed E-state index contributed by atoms with van der Waals surface area (Å²) in [5.41, 5.74) is 3.47. The summed E-state index contributed by atoms with van der Waals surface area (Å²) in [5, 5.41) is 5.51. The SMILES string of the molecule is CS(=O)(=O)N(Cc1ccc(C(=O)Nc2ccc3c(c2)oc2ccccc23)cc1)c1cc(Cl)ccc1Cl. The molecule has 0 saturated carbocycles. The van der Waals surface area contributed by atoms with E-state index < -0.39 is 10.0 Å². The van der Waals surface area contributed by atoms with Crippen LogP contribution in [0.5, 0.6) is 0 Å². The van der Waals surface area contributed by atoms with Crippen LogP contribution in [0.25, 0.3) is 21.9 Å². The first kappa shape index (κ1) is 24.2. The van der Waals surface area contributed by atoms with Crippen LogP contribution in [0, 0.1) is 0 Å². The first-order valence-corrected chi connectivity index (χ1v) is 13.5. The summed E-state index contributed by atoms with van der Waals surface area (Å²) in [6.07, 6.45) is 1.10. The molecule has 182 valence electrons. The molecule has 0 bridgehead atoms. The molecule has 1 heterocycles. The number of amides is 1. The minimum absolute atomic E-state index is 0.0313. The fourth-order valence-electron chi connectivity index (χ4n) is 3.99. The van der Waals surface area contributed by atoms with Crippen LogP contribution in [-0.4, -0.2) is 20.6 Å². The molecule has 0 fully saturated rings. The fraction of sp³-hybridized carbons (Fsp3) is 0.0741. The zero-order chi connectivity index (χ0) is 25.4. The van der Waals surface area contributed by atoms with Gasteiger partial charge >= 0.3 is 0 Å². The number of carbonyl (C=O) groups is 1. The van der Waals surface area contributed by atoms with Gasteiger partial charge in [0.25, 0.3) is 5.91 Å². The van der Waals surface area contributed by atoms with E-state index >= 15 is 0 Å². The number of nitrogens with one attached hydrogen (secondary N) is 1. The molecular weight excluding hydrogens is 519 g/mol. The molecule has 0 aliphatic heterocycles. The first-order chi connectivity index (χ1) is 17.2. The van der Waals surface area contributed by atoms with Crippen LogP contribution in [-0.2, 0) is 16.6 Å². The quantitative estimate of drug-likeness (QED) is 0.249. The smallest absolute Gasteiger partial charge is 0.255 e. The van der Waals surface area contributed by atoms with Gasteiger partial charge in [-0.25, -0.2) is 8.42 Å². The van der Waals surface area contributed by atoms with E-state index in [9.17, 15) is 13.2 Å². The summed E-state index contributed by atoms with van der Waals surface area (Å²) < 4.78 is 32.0. The van der Waals surface area contributed by atoms with E-state index in [0.717, 1.165) is 22.6 Å². The molecule has 0 saturated heterocycles. The van der Waals surface area contributed by atoms with Crippen molar-refractivity contribution < 1.29 is 17.6 Å². The number of hydrogen-bond acceptors (Lipinski definition) is 4. The van der Waals surface area contributed by atoms with E-state index in [-0.39, 0.29) is 23.2 Å². The molecule has 9 heteroatoms. The molecule has 0 aliphatic carbocycles. The van der Waals surface area contributed by atoms with Crippen LogP contribution in [0.2, 0.25) is 10.0 Å². The molecule has 5 rings (SSSR count). The van der Waals surface area contributed by atoms with Crippen molar-refractivity contribution in [2.75, 3.05) is 15.9 Å². The van der Waals surface area contributed by atoms with E-state index in [0.29, 0.717) is 27.4 Å². The first-order valence-electron chi connectivity index (χ1n) is 10.9. The molecule has 0 aliphatic rings. The minimum Gasteiger partial charge on any atom is -0.456 e. The van der Waals surface area contributed by atoms with Crippen molar-refractivity contribution in [1.82, 2.24) is 0 Å². The van der Waals surface area contributed by atoms with Crippen molar-refractivity contribution in [1.29, 1.82) is 0 Å². The molecular formula is C27H20Cl2N2O4S. The summed E-state index contributed by atoms with van der Waals surface area (Å²) in [6, 6.07) is 24.6. The number of carbonyl (C=O) groups excluding carboxylic acids is 1. The van der Waals surface area contributed by atoms with Crippen LogP contribution in [0.4, 0.5) is 11.4 Å². The second-order valence-corrected chi connectivity index (χ2v) is 11.1. The topological polar surface area (TPSA) is 79.6 Å². The van der Waals surface area contributed by atoms with Gasteiger partial charge in [-0.15, -0.1) is 0 Å². The average Bonchev–Trinajstić information content (AvgIpc) is 3.21. The Balaban J connectivity index is 1.34. The number of para-hydroxylation sites is 1. The number of fused-ring (bicyclic) bond motifs is 3. The van der Waals surface area contributed by atoms with Crippen LogP contribution in [0.15, 0.2) is 89.3 Å². The van der Waals surface area contributed by atoms with Gasteiger partial charge in [0.05, 0.1) is 23.5 Å². The summed E-state index contributed by atoms with van der Waals surface area (Å²) in [7, 11) is -3.65. The van der Waals surface area contributed by atoms with Crippen LogP contribution < -0.4 is 9.62 Å². The van der Waals surface area contributed by atoms with Gasteiger partial charge in [0.2, 0.25) is 10.0 Å². The van der Waals surface area contributed by atoms with Gasteiger partial charge in [0.15, 0.2) is 0 Å². The molecule has 0 radical (unpaired) electrons. The van der Waals surface area contributed by atoms with Crippen LogP contribution in [0.3, 0.4) is 0 Å². The number of anilines is 2. The van der Waals surface area contributed by atoms with Gasteiger partial charge in [0, 0.05) is 33.1 Å². The number of hydrogen-bond donors (Lipinski definition) is 1. The third-order valence-electron chi connectivity index (χ3n) is 5.76. The lowest BCUT2D eigenvalue weighted by Gasteiger charge is -2.24. The molecule has 36 heavy (non-hydrogen) atoms. The summed E-state index contributed by atoms with van der Waals surface area (Å²) >= 11 is 12.3. The summed E-state index contributed by atoms with van der Waals surface area (Å²) in [6.45, 7) is 0.0313. The van der Waals surface area contributed by atoms with Crippen molar-refractivity contribution in [2.45, 2.75) is 6.54 Å². The van der Waals surface area contributed by atoms with E-state index in [1.54, 1.807) is 42.5 Å². The molecule has 0 unspecified atom stereocenters. The highest BCUT2D eigenvalue weighted by molar-refractivity contribution is 7.92. The predicted molar refractivity (Wildman–Crippen MR) is 146 cm³/mol. The Morgan fingerprint density at radius 3 is 2.36 bits per heavy atom. The summed E-state index contributed by atoms with van der Waals surface area (Å²) in [5.74, 6) is -0.296. The zero-order valence-corrected chi connectivity index (χ0v) is 21.4. The largest absolute Gasteiger partial charge is 0.456 e. The monoisotopic (exact) mass is 538 g/mol. The highest BCUT2D eigenvalue weighted by atomic mass is 35.5. The Labute approximate surface area is 218 Å². The van der Waals surface area contributed by atoms with Gasteiger partial charge in [-0.1, -0.05) is 53.5 Å². The standard InChI is InChI=1S/C27H20Cl2N2O4S/c1-36(33,34)31(24-14-19(28)10-13-23(24)29)16-17-6-8-18(9-7-17)27(32)30-20-11-12-22-21-4-2-3-5-25(21)35-26(22)15-20/h2-15H,16H2,1H3,(H,30,32). The lowest BCUT2D eigenvalue weighted by atomic mass is 10.1. The maximum absolute atomic E-state index is 12.8. The van der Waals surface area contributed by atoms with Gasteiger partial charge in [-0.2, -0.15) is 0 Å². The minimum atomic E-state index is -3.65. The lowest BCUT2D eigenvalue weighted by molar-refractivity contribution is 0.102. The molecule has 1 N–H and O–H groups in total. The Morgan fingerprint density at radius 2 is 1.61 bits per heavy atom. The van der Waals surface area contributed by atoms with E-state index in [1.807, 2.05) is 36.4 Å². The number of rotatable bonds is 6. The predicted octanol–water partition coefficient (Wildman–Crippen LogP) is 7.11. The van der Waals surface area contributed by atoms with E-state index in [2.05, 4.69) is 5.32 Å². The number of nitrogens with zero attached hydrogens (tertiary/aromatic N) is 1. The van der Waals surface area contributed by atoms with Gasteiger partial charge in [-0.05, 0) is 54.1 Å². The van der Waals surface area contributed by atoms with E-state index in [4.69, 9.17) is 27.6 Å². The van der Waals surface area contributed by atoms with Crippen molar-refractivity contribution in [2.24, 2.45) is 0 Å². The van der Waals surface area contributed by atoms with Crippen LogP contribution >= 0.6 is 23.2 Å². The van der Waals surface area contributed by atoms with Crippen LogP contribution in [0.1, 0.15) is 15.9 Å². The fourth-order valence-corrected chi connectivity index (χ4v) is 5.32.